The predicted octanol–water partition coefficient (Wildman–Crippen LogP) is 3.76. The van der Waals surface area contributed by atoms with E-state index in [1.54, 1.807) is 0 Å². The van der Waals surface area contributed by atoms with Crippen molar-refractivity contribution in [3.8, 4) is 0 Å². The van der Waals surface area contributed by atoms with Crippen LogP contribution in [0.2, 0.25) is 0 Å². The second kappa shape index (κ2) is 6.68. The molecule has 1 N–H and O–H groups in total. The first-order valence-electron chi connectivity index (χ1n) is 10.6. The number of rotatable bonds is 2. The Labute approximate surface area is 168 Å². The molecule has 0 radical (unpaired) electrons. The molecule has 2 saturated carbocycles. The summed E-state index contributed by atoms with van der Waals surface area (Å²) in [6.45, 7) is 13.9. The van der Waals surface area contributed by atoms with Crippen LogP contribution in [0.3, 0.4) is 0 Å². The molecule has 156 valence electrons. The average molecular weight is 391 g/mol. The van der Waals surface area contributed by atoms with E-state index in [1.165, 1.54) is 5.57 Å². The highest BCUT2D eigenvalue weighted by molar-refractivity contribution is 5.91. The normalized spacial score (nSPS) is 46.8. The van der Waals surface area contributed by atoms with Crippen molar-refractivity contribution in [1.82, 2.24) is 0 Å². The molecule has 4 aliphatic rings. The van der Waals surface area contributed by atoms with Gasteiger partial charge in [0.2, 0.25) is 0 Å². The Morgan fingerprint density at radius 3 is 2.64 bits per heavy atom. The molecule has 5 heteroatoms. The third kappa shape index (κ3) is 3.06. The van der Waals surface area contributed by atoms with Gasteiger partial charge in [-0.25, -0.2) is 4.79 Å². The van der Waals surface area contributed by atoms with Gasteiger partial charge in [-0.1, -0.05) is 32.1 Å². The Hall–Kier alpha value is -1.17. The van der Waals surface area contributed by atoms with Crippen LogP contribution in [0, 0.1) is 22.7 Å². The quantitative estimate of drug-likeness (QED) is 0.442. The molecule has 2 heterocycles. The monoisotopic (exact) mass is 390 g/mol. The van der Waals surface area contributed by atoms with Crippen molar-refractivity contribution < 1.29 is 24.1 Å². The van der Waals surface area contributed by atoms with Gasteiger partial charge in [-0.15, -0.1) is 0 Å². The molecule has 4 fully saturated rings. The number of esters is 1. The first-order chi connectivity index (χ1) is 13.1. The summed E-state index contributed by atoms with van der Waals surface area (Å²) in [5.74, 6) is -0.141. The lowest BCUT2D eigenvalue weighted by molar-refractivity contribution is -0.344. The number of ether oxygens (including phenoxy) is 3. The zero-order chi connectivity index (χ0) is 20.3. The van der Waals surface area contributed by atoms with Crippen LogP contribution in [0.4, 0.5) is 0 Å². The summed E-state index contributed by atoms with van der Waals surface area (Å²) >= 11 is 0. The van der Waals surface area contributed by atoms with Gasteiger partial charge in [0, 0.05) is 5.41 Å². The summed E-state index contributed by atoms with van der Waals surface area (Å²) in [4.78, 5) is 11.9. The Bertz CT molecular complexity index is 710. The molecule has 0 aromatic rings. The smallest absolute Gasteiger partial charge is 0.336 e. The third-order valence-electron chi connectivity index (χ3n) is 8.01. The fourth-order valence-electron chi connectivity index (χ4n) is 6.43. The number of cyclic esters (lactones) is 1. The number of aliphatic hydroxyl groups is 1. The van der Waals surface area contributed by atoms with E-state index in [9.17, 15) is 9.90 Å². The van der Waals surface area contributed by atoms with Gasteiger partial charge < -0.3 is 19.3 Å². The maximum absolute atomic E-state index is 11.9. The van der Waals surface area contributed by atoms with Gasteiger partial charge in [0.05, 0.1) is 18.3 Å². The fraction of sp³-hybridized carbons (Fsp3) is 0.783. The van der Waals surface area contributed by atoms with Gasteiger partial charge in [-0.2, -0.15) is 0 Å². The Balaban J connectivity index is 1.61. The summed E-state index contributed by atoms with van der Waals surface area (Å²) in [6, 6.07) is 0. The zero-order valence-electron chi connectivity index (χ0n) is 17.6. The van der Waals surface area contributed by atoms with Crippen LogP contribution in [0.1, 0.15) is 59.8 Å². The van der Waals surface area contributed by atoms with E-state index >= 15 is 0 Å². The summed E-state index contributed by atoms with van der Waals surface area (Å²) in [5, 5.41) is 10.0. The van der Waals surface area contributed by atoms with E-state index < -0.39 is 11.9 Å². The highest BCUT2D eigenvalue weighted by Gasteiger charge is 2.60. The van der Waals surface area contributed by atoms with Crippen molar-refractivity contribution in [3.05, 3.63) is 23.8 Å². The van der Waals surface area contributed by atoms with Gasteiger partial charge >= 0.3 is 5.97 Å². The Morgan fingerprint density at radius 2 is 1.96 bits per heavy atom. The molecule has 2 saturated heterocycles. The van der Waals surface area contributed by atoms with Gasteiger partial charge in [-0.3, -0.25) is 0 Å². The summed E-state index contributed by atoms with van der Waals surface area (Å²) < 4.78 is 17.4. The van der Waals surface area contributed by atoms with Crippen molar-refractivity contribution >= 4 is 5.97 Å². The molecule has 6 atom stereocenters. The second-order valence-electron chi connectivity index (χ2n) is 10.2. The zero-order valence-corrected chi connectivity index (χ0v) is 17.6. The van der Waals surface area contributed by atoms with Gasteiger partial charge in [0.25, 0.3) is 0 Å². The number of aliphatic hydroxyl groups excluding tert-OH is 1. The van der Waals surface area contributed by atoms with Gasteiger partial charge in [0.1, 0.15) is 12.7 Å². The Kier molecular flexibility index (Phi) is 4.80. The standard InChI is InChI=1S/C23H34O5/c1-14-6-9-18-22(4,16(14)8-7-15-17(24)12-26-20(15)25)11-10-19-23(18,5)13-27-21(2,3)28-19/h7,16-19,24H,1,6,8-13H2,2-5H3/b15-7+/t16-,17-,18?,19-,22+,23+/m1/s1. The maximum atomic E-state index is 11.9. The minimum Gasteiger partial charge on any atom is -0.459 e. The van der Waals surface area contributed by atoms with Crippen molar-refractivity contribution in [1.29, 1.82) is 0 Å². The van der Waals surface area contributed by atoms with E-state index in [-0.39, 0.29) is 35.4 Å². The topological polar surface area (TPSA) is 65.0 Å². The fourth-order valence-corrected chi connectivity index (χ4v) is 6.43. The number of hydrogen-bond acceptors (Lipinski definition) is 5. The molecule has 2 aliphatic carbocycles. The lowest BCUT2D eigenvalue weighted by atomic mass is 9.46. The molecule has 28 heavy (non-hydrogen) atoms. The SMILES string of the molecule is C=C1CCC2[C@]3(C)COC(C)(C)O[C@@H]3CC[C@@]2(C)[C@@H]1C/C=C1/C(=O)OC[C@H]1O. The molecule has 0 aromatic heterocycles. The first kappa shape index (κ1) is 20.1. The molecule has 0 amide bonds. The summed E-state index contributed by atoms with van der Waals surface area (Å²) in [5.41, 5.74) is 1.74. The minimum atomic E-state index is -0.802. The van der Waals surface area contributed by atoms with Crippen molar-refractivity contribution in [2.24, 2.45) is 22.7 Å². The number of carbonyl (C=O) groups excluding carboxylic acids is 1. The molecular formula is C23H34O5. The highest BCUT2D eigenvalue weighted by atomic mass is 16.7. The average Bonchev–Trinajstić information content (AvgIpc) is 2.93. The van der Waals surface area contributed by atoms with E-state index in [1.807, 2.05) is 19.9 Å². The van der Waals surface area contributed by atoms with Crippen LogP contribution < -0.4 is 0 Å². The maximum Gasteiger partial charge on any atom is 0.336 e. The van der Waals surface area contributed by atoms with Crippen LogP contribution in [-0.2, 0) is 19.0 Å². The molecule has 0 spiro atoms. The molecule has 1 unspecified atom stereocenters. The van der Waals surface area contributed by atoms with Crippen molar-refractivity contribution in [2.75, 3.05) is 13.2 Å². The van der Waals surface area contributed by atoms with Crippen LogP contribution in [0.15, 0.2) is 23.8 Å². The molecule has 0 aromatic carbocycles. The molecule has 2 aliphatic heterocycles. The van der Waals surface area contributed by atoms with Crippen LogP contribution in [-0.4, -0.2) is 42.3 Å². The van der Waals surface area contributed by atoms with Crippen LogP contribution in [0.5, 0.6) is 0 Å². The Morgan fingerprint density at radius 1 is 1.21 bits per heavy atom. The predicted molar refractivity (Wildman–Crippen MR) is 105 cm³/mol. The van der Waals surface area contributed by atoms with E-state index in [0.29, 0.717) is 11.5 Å². The van der Waals surface area contributed by atoms with Crippen molar-refractivity contribution in [3.63, 3.8) is 0 Å². The van der Waals surface area contributed by atoms with Gasteiger partial charge in [-0.05, 0) is 63.2 Å². The summed E-state index contributed by atoms with van der Waals surface area (Å²) in [7, 11) is 0. The van der Waals surface area contributed by atoms with Gasteiger partial charge in [0.15, 0.2) is 5.79 Å². The molecule has 0 bridgehead atoms. The number of allylic oxidation sites excluding steroid dienone is 2. The highest BCUT2D eigenvalue weighted by Crippen LogP contribution is 2.63. The van der Waals surface area contributed by atoms with E-state index in [2.05, 4.69) is 20.4 Å². The number of hydrogen-bond donors (Lipinski definition) is 1. The second-order valence-corrected chi connectivity index (χ2v) is 10.2. The minimum absolute atomic E-state index is 0.0135. The number of fused-ring (bicyclic) bond motifs is 3. The van der Waals surface area contributed by atoms with Crippen LogP contribution in [0.25, 0.3) is 0 Å². The number of carbonyl (C=O) groups is 1. The summed E-state index contributed by atoms with van der Waals surface area (Å²) in [6.07, 6.45) is 6.22. The van der Waals surface area contributed by atoms with E-state index in [4.69, 9.17) is 14.2 Å². The molecular weight excluding hydrogens is 356 g/mol. The first-order valence-corrected chi connectivity index (χ1v) is 10.6. The lowest BCUT2D eigenvalue weighted by Crippen LogP contribution is -2.62. The van der Waals surface area contributed by atoms with Crippen LogP contribution >= 0.6 is 0 Å². The largest absolute Gasteiger partial charge is 0.459 e. The van der Waals surface area contributed by atoms with Crippen molar-refractivity contribution in [2.45, 2.75) is 77.8 Å². The third-order valence-corrected chi connectivity index (χ3v) is 8.01. The lowest BCUT2D eigenvalue weighted by Gasteiger charge is -2.63. The van der Waals surface area contributed by atoms with E-state index in [0.717, 1.165) is 38.7 Å². The molecule has 5 nitrogen and oxygen atoms in total. The molecule has 4 rings (SSSR count).